The number of halogens is 1. The average molecular weight is 224 g/mol. The average Bonchev–Trinajstić information content (AvgIpc) is 2.50. The molecule has 0 radical (unpaired) electrons. The summed E-state index contributed by atoms with van der Waals surface area (Å²) < 4.78 is 4.75. The first-order valence-corrected chi connectivity index (χ1v) is 4.94. The first kappa shape index (κ1) is 10.1. The first-order valence-electron chi connectivity index (χ1n) is 4.56. The van der Waals surface area contributed by atoms with Gasteiger partial charge in [-0.2, -0.15) is 0 Å². The third kappa shape index (κ3) is 1.97. The normalized spacial score (nSPS) is 13.9. The molecule has 0 spiro atoms. The number of allylic oxidation sites excluding steroid dienone is 1. The molecule has 0 aromatic heterocycles. The van der Waals surface area contributed by atoms with Crippen molar-refractivity contribution in [3.05, 3.63) is 40.4 Å². The van der Waals surface area contributed by atoms with E-state index in [1.54, 1.807) is 0 Å². The van der Waals surface area contributed by atoms with Crippen LogP contribution in [0.3, 0.4) is 0 Å². The van der Waals surface area contributed by atoms with Gasteiger partial charge in [-0.25, -0.2) is 4.79 Å². The Labute approximate surface area is 92.5 Å². The van der Waals surface area contributed by atoms with Crippen LogP contribution in [0.2, 0.25) is 0 Å². The molecule has 78 valence electrons. The fourth-order valence-corrected chi connectivity index (χ4v) is 1.99. The standard InChI is InChI=1S/C11H10ClNO2/c12-10-5-7-3-1-2-4-8(7)9(10)6-15-11(13)14/h1-4H,5-6H2,(H2,13,14). The summed E-state index contributed by atoms with van der Waals surface area (Å²) in [6, 6.07) is 7.86. The zero-order valence-electron chi connectivity index (χ0n) is 8.00. The molecule has 0 fully saturated rings. The summed E-state index contributed by atoms with van der Waals surface area (Å²) in [4.78, 5) is 10.5. The molecule has 0 heterocycles. The second-order valence-electron chi connectivity index (χ2n) is 3.33. The van der Waals surface area contributed by atoms with Crippen molar-refractivity contribution in [2.45, 2.75) is 6.42 Å². The number of carbonyl (C=O) groups excluding carboxylic acids is 1. The topological polar surface area (TPSA) is 52.3 Å². The number of amides is 1. The van der Waals surface area contributed by atoms with E-state index in [1.807, 2.05) is 24.3 Å². The Kier molecular flexibility index (Phi) is 2.64. The van der Waals surface area contributed by atoms with E-state index in [-0.39, 0.29) is 6.61 Å². The molecule has 4 heteroatoms. The van der Waals surface area contributed by atoms with Crippen molar-refractivity contribution >= 4 is 23.3 Å². The van der Waals surface area contributed by atoms with Gasteiger partial charge in [0.25, 0.3) is 0 Å². The highest BCUT2D eigenvalue weighted by Gasteiger charge is 2.20. The van der Waals surface area contributed by atoms with Gasteiger partial charge in [0.1, 0.15) is 6.61 Å². The zero-order valence-corrected chi connectivity index (χ0v) is 8.75. The Morgan fingerprint density at radius 1 is 1.47 bits per heavy atom. The van der Waals surface area contributed by atoms with E-state index >= 15 is 0 Å². The van der Waals surface area contributed by atoms with Gasteiger partial charge in [0, 0.05) is 17.0 Å². The van der Waals surface area contributed by atoms with Crippen molar-refractivity contribution < 1.29 is 9.53 Å². The second-order valence-corrected chi connectivity index (χ2v) is 3.78. The van der Waals surface area contributed by atoms with E-state index in [9.17, 15) is 4.79 Å². The Balaban J connectivity index is 2.24. The van der Waals surface area contributed by atoms with Gasteiger partial charge in [0.05, 0.1) is 0 Å². The SMILES string of the molecule is NC(=O)OCC1=C(Cl)Cc2ccccc21. The molecular weight excluding hydrogens is 214 g/mol. The van der Waals surface area contributed by atoms with Gasteiger partial charge in [-0.05, 0) is 11.1 Å². The third-order valence-corrected chi connectivity index (χ3v) is 2.74. The molecule has 15 heavy (non-hydrogen) atoms. The molecule has 1 aliphatic rings. The Morgan fingerprint density at radius 2 is 2.20 bits per heavy atom. The van der Waals surface area contributed by atoms with Gasteiger partial charge in [0.15, 0.2) is 0 Å². The van der Waals surface area contributed by atoms with Gasteiger partial charge in [-0.15, -0.1) is 0 Å². The molecule has 0 atom stereocenters. The summed E-state index contributed by atoms with van der Waals surface area (Å²) in [7, 11) is 0. The van der Waals surface area contributed by atoms with Gasteiger partial charge >= 0.3 is 6.09 Å². The maximum Gasteiger partial charge on any atom is 0.404 e. The first-order chi connectivity index (χ1) is 7.18. The van der Waals surface area contributed by atoms with E-state index < -0.39 is 6.09 Å². The van der Waals surface area contributed by atoms with Crippen LogP contribution in [-0.4, -0.2) is 12.7 Å². The lowest BCUT2D eigenvalue weighted by Gasteiger charge is -2.05. The number of primary amides is 1. The van der Waals surface area contributed by atoms with Crippen molar-refractivity contribution in [1.82, 2.24) is 0 Å². The largest absolute Gasteiger partial charge is 0.445 e. The summed E-state index contributed by atoms with van der Waals surface area (Å²) >= 11 is 6.07. The molecule has 0 saturated carbocycles. The minimum absolute atomic E-state index is 0.144. The molecule has 1 amide bonds. The fraction of sp³-hybridized carbons (Fsp3) is 0.182. The lowest BCUT2D eigenvalue weighted by Crippen LogP contribution is -2.14. The molecule has 1 aromatic carbocycles. The molecule has 3 nitrogen and oxygen atoms in total. The highest BCUT2D eigenvalue weighted by atomic mass is 35.5. The van der Waals surface area contributed by atoms with Crippen LogP contribution < -0.4 is 5.73 Å². The smallest absolute Gasteiger partial charge is 0.404 e. The molecule has 0 saturated heterocycles. The number of rotatable bonds is 2. The van der Waals surface area contributed by atoms with Gasteiger partial charge in [-0.3, -0.25) is 0 Å². The molecular formula is C11H10ClNO2. The van der Waals surface area contributed by atoms with E-state index in [1.165, 1.54) is 0 Å². The zero-order chi connectivity index (χ0) is 10.8. The van der Waals surface area contributed by atoms with Crippen LogP contribution in [0, 0.1) is 0 Å². The monoisotopic (exact) mass is 223 g/mol. The van der Waals surface area contributed by atoms with Gasteiger partial charge < -0.3 is 10.5 Å². The summed E-state index contributed by atoms with van der Waals surface area (Å²) in [6.07, 6.45) is -0.0776. The Morgan fingerprint density at radius 3 is 2.93 bits per heavy atom. The van der Waals surface area contributed by atoms with E-state index in [4.69, 9.17) is 22.1 Å². The number of fused-ring (bicyclic) bond motifs is 1. The maximum absolute atomic E-state index is 10.5. The molecule has 2 rings (SSSR count). The third-order valence-electron chi connectivity index (χ3n) is 2.37. The second kappa shape index (κ2) is 3.95. The fourth-order valence-electron chi connectivity index (χ4n) is 1.69. The lowest BCUT2D eigenvalue weighted by atomic mass is 10.1. The van der Waals surface area contributed by atoms with Crippen LogP contribution in [0.5, 0.6) is 0 Å². The number of hydrogen-bond donors (Lipinski definition) is 1. The van der Waals surface area contributed by atoms with Crippen LogP contribution in [0.25, 0.3) is 5.57 Å². The Hall–Kier alpha value is -1.48. The molecule has 0 bridgehead atoms. The number of benzene rings is 1. The maximum atomic E-state index is 10.5. The summed E-state index contributed by atoms with van der Waals surface area (Å²) in [5, 5.41) is 0.720. The predicted molar refractivity (Wildman–Crippen MR) is 58.5 cm³/mol. The van der Waals surface area contributed by atoms with E-state index in [0.717, 1.165) is 21.7 Å². The van der Waals surface area contributed by atoms with Gasteiger partial charge in [-0.1, -0.05) is 35.9 Å². The summed E-state index contributed by atoms with van der Waals surface area (Å²) in [6.45, 7) is 0.144. The molecule has 0 aliphatic heterocycles. The van der Waals surface area contributed by atoms with Crippen LogP contribution in [0.1, 0.15) is 11.1 Å². The highest BCUT2D eigenvalue weighted by molar-refractivity contribution is 6.33. The van der Waals surface area contributed by atoms with Crippen LogP contribution in [-0.2, 0) is 11.2 Å². The lowest BCUT2D eigenvalue weighted by molar-refractivity contribution is 0.171. The minimum Gasteiger partial charge on any atom is -0.445 e. The van der Waals surface area contributed by atoms with Gasteiger partial charge in [0.2, 0.25) is 0 Å². The predicted octanol–water partition coefficient (Wildman–Crippen LogP) is 2.29. The van der Waals surface area contributed by atoms with Crippen LogP contribution in [0.15, 0.2) is 29.3 Å². The van der Waals surface area contributed by atoms with Crippen molar-refractivity contribution in [2.24, 2.45) is 5.73 Å². The van der Waals surface area contributed by atoms with Crippen molar-refractivity contribution in [1.29, 1.82) is 0 Å². The quantitative estimate of drug-likeness (QED) is 0.836. The highest BCUT2D eigenvalue weighted by Crippen LogP contribution is 2.34. The number of ether oxygens (including phenoxy) is 1. The van der Waals surface area contributed by atoms with Crippen LogP contribution in [0.4, 0.5) is 4.79 Å². The number of carbonyl (C=O) groups is 1. The molecule has 1 aromatic rings. The molecule has 2 N–H and O–H groups in total. The van der Waals surface area contributed by atoms with Crippen molar-refractivity contribution in [3.63, 3.8) is 0 Å². The minimum atomic E-state index is -0.781. The van der Waals surface area contributed by atoms with Crippen molar-refractivity contribution in [3.8, 4) is 0 Å². The number of hydrogen-bond acceptors (Lipinski definition) is 2. The summed E-state index contributed by atoms with van der Waals surface area (Å²) in [5.41, 5.74) is 7.97. The molecule has 0 unspecified atom stereocenters. The molecule has 1 aliphatic carbocycles. The Bertz CT molecular complexity index is 440. The number of nitrogens with two attached hydrogens (primary N) is 1. The van der Waals surface area contributed by atoms with Crippen LogP contribution >= 0.6 is 11.6 Å². The van der Waals surface area contributed by atoms with E-state index in [0.29, 0.717) is 6.42 Å². The summed E-state index contributed by atoms with van der Waals surface area (Å²) in [5.74, 6) is 0. The van der Waals surface area contributed by atoms with Crippen molar-refractivity contribution in [2.75, 3.05) is 6.61 Å². The van der Waals surface area contributed by atoms with E-state index in [2.05, 4.69) is 0 Å².